The topological polar surface area (TPSA) is 126 Å². The molecule has 1 aromatic heterocycles. The smallest absolute Gasteiger partial charge is 0.355 e. The van der Waals surface area contributed by atoms with Crippen molar-refractivity contribution in [2.45, 2.75) is 12.6 Å². The molecule has 0 aliphatic heterocycles. The van der Waals surface area contributed by atoms with E-state index in [9.17, 15) is 14.5 Å². The first kappa shape index (κ1) is 16.8. The zero-order chi connectivity index (χ0) is 15.2. The van der Waals surface area contributed by atoms with Gasteiger partial charge in [-0.05, 0) is 6.07 Å². The van der Waals surface area contributed by atoms with Crippen LogP contribution in [0.2, 0.25) is 0 Å². The summed E-state index contributed by atoms with van der Waals surface area (Å²) in [6, 6.07) is 1.45. The number of nitrogens with zero attached hydrogens (tertiary/aromatic N) is 2. The molecule has 9 nitrogen and oxygen atoms in total. The van der Waals surface area contributed by atoms with E-state index in [4.69, 9.17) is 19.5 Å². The maximum Gasteiger partial charge on any atom is 0.355 e. The molecular formula is C10H18N3O6P. The summed E-state index contributed by atoms with van der Waals surface area (Å²) in [7, 11) is -0.865. The van der Waals surface area contributed by atoms with Crippen LogP contribution >= 0.6 is 7.60 Å². The Labute approximate surface area is 115 Å². The van der Waals surface area contributed by atoms with Gasteiger partial charge >= 0.3 is 13.3 Å². The summed E-state index contributed by atoms with van der Waals surface area (Å²) < 4.78 is 27.7. The number of aliphatic hydroxyl groups is 1. The Balaban J connectivity index is 2.68. The van der Waals surface area contributed by atoms with Gasteiger partial charge in [0.15, 0.2) is 0 Å². The predicted octanol–water partition coefficient (Wildman–Crippen LogP) is -0.354. The van der Waals surface area contributed by atoms with Crippen molar-refractivity contribution in [3.63, 3.8) is 0 Å². The molecule has 3 N–H and O–H groups in total. The second-order valence-corrected chi connectivity index (χ2v) is 6.07. The summed E-state index contributed by atoms with van der Waals surface area (Å²) in [6.45, 7) is -0.333. The highest BCUT2D eigenvalue weighted by Gasteiger charge is 2.24. The van der Waals surface area contributed by atoms with Crippen LogP contribution in [0.5, 0.6) is 0 Å². The predicted molar refractivity (Wildman–Crippen MR) is 71.4 cm³/mol. The summed E-state index contributed by atoms with van der Waals surface area (Å²) >= 11 is 0. The number of aromatic nitrogens is 2. The van der Waals surface area contributed by atoms with Crippen molar-refractivity contribution in [1.82, 2.24) is 9.55 Å². The molecule has 0 bridgehead atoms. The Morgan fingerprint density at radius 1 is 1.50 bits per heavy atom. The summed E-state index contributed by atoms with van der Waals surface area (Å²) in [5, 5.41) is 9.22. The third kappa shape index (κ3) is 4.69. The number of aliphatic hydroxyl groups excluding tert-OH is 1. The van der Waals surface area contributed by atoms with E-state index in [0.717, 1.165) is 0 Å². The van der Waals surface area contributed by atoms with Crippen LogP contribution in [0.3, 0.4) is 0 Å². The molecule has 20 heavy (non-hydrogen) atoms. The minimum atomic E-state index is -3.33. The SMILES string of the molecule is COP(=O)(CO[C@H](CO)Cn1ccc(N)nc1=O)OC. The molecule has 0 aromatic carbocycles. The van der Waals surface area contributed by atoms with Crippen molar-refractivity contribution in [3.05, 3.63) is 22.7 Å². The maximum atomic E-state index is 11.8. The Morgan fingerprint density at radius 3 is 2.65 bits per heavy atom. The number of hydrogen-bond acceptors (Lipinski definition) is 8. The van der Waals surface area contributed by atoms with Gasteiger partial charge in [0.25, 0.3) is 0 Å². The number of nitrogens with two attached hydrogens (primary N) is 1. The Bertz CT molecular complexity index is 526. The van der Waals surface area contributed by atoms with E-state index >= 15 is 0 Å². The van der Waals surface area contributed by atoms with Gasteiger partial charge in [-0.1, -0.05) is 0 Å². The van der Waals surface area contributed by atoms with Crippen molar-refractivity contribution in [2.24, 2.45) is 0 Å². The van der Waals surface area contributed by atoms with E-state index in [1.807, 2.05) is 0 Å². The lowest BCUT2D eigenvalue weighted by Crippen LogP contribution is -2.32. The van der Waals surface area contributed by atoms with E-state index in [0.29, 0.717) is 0 Å². The van der Waals surface area contributed by atoms with Gasteiger partial charge in [0, 0.05) is 20.4 Å². The van der Waals surface area contributed by atoms with Crippen LogP contribution in [0.1, 0.15) is 0 Å². The van der Waals surface area contributed by atoms with E-state index < -0.39 is 19.4 Å². The van der Waals surface area contributed by atoms with Crippen LogP contribution in [0, 0.1) is 0 Å². The quantitative estimate of drug-likeness (QED) is 0.624. The summed E-state index contributed by atoms with van der Waals surface area (Å²) in [6.07, 6.45) is 0.349. The van der Waals surface area contributed by atoms with Gasteiger partial charge in [0.1, 0.15) is 12.2 Å². The molecule has 1 atom stereocenters. The van der Waals surface area contributed by atoms with Crippen molar-refractivity contribution >= 4 is 13.4 Å². The molecule has 1 rings (SSSR count). The Kier molecular flexibility index (Phi) is 6.31. The first-order valence-corrected chi connectivity index (χ1v) is 7.43. The zero-order valence-corrected chi connectivity index (χ0v) is 12.2. The second-order valence-electron chi connectivity index (χ2n) is 3.86. The molecule has 114 valence electrons. The highest BCUT2D eigenvalue weighted by atomic mass is 31.2. The van der Waals surface area contributed by atoms with Crippen molar-refractivity contribution in [3.8, 4) is 0 Å². The average molecular weight is 307 g/mol. The summed E-state index contributed by atoms with van der Waals surface area (Å²) in [5.74, 6) is 0.107. The van der Waals surface area contributed by atoms with E-state index in [2.05, 4.69) is 4.98 Å². The van der Waals surface area contributed by atoms with Crippen molar-refractivity contribution in [1.29, 1.82) is 0 Å². The molecule has 0 aliphatic carbocycles. The number of rotatable bonds is 8. The monoisotopic (exact) mass is 307 g/mol. The third-order valence-corrected chi connectivity index (χ3v) is 4.10. The van der Waals surface area contributed by atoms with Crippen LogP contribution in [0.15, 0.2) is 17.1 Å². The highest BCUT2D eigenvalue weighted by molar-refractivity contribution is 7.53. The van der Waals surface area contributed by atoms with Gasteiger partial charge in [0.2, 0.25) is 0 Å². The molecular weight excluding hydrogens is 289 g/mol. The Morgan fingerprint density at radius 2 is 2.15 bits per heavy atom. The number of hydrogen-bond donors (Lipinski definition) is 2. The fourth-order valence-electron chi connectivity index (χ4n) is 1.34. The highest BCUT2D eigenvalue weighted by Crippen LogP contribution is 2.46. The van der Waals surface area contributed by atoms with Crippen LogP contribution in [0.4, 0.5) is 5.82 Å². The van der Waals surface area contributed by atoms with Crippen LogP contribution in [-0.4, -0.2) is 47.9 Å². The molecule has 10 heteroatoms. The molecule has 0 spiro atoms. The third-order valence-electron chi connectivity index (χ3n) is 2.52. The standard InChI is InChI=1S/C10H18N3O6P/c1-17-20(16,18-2)7-19-8(6-14)5-13-4-3-9(11)12-10(13)15/h3-4,8,14H,5-7H2,1-2H3,(H2,11,12,15)/t8-/m0/s1. The zero-order valence-electron chi connectivity index (χ0n) is 11.3. The van der Waals surface area contributed by atoms with Gasteiger partial charge in [-0.25, -0.2) is 4.79 Å². The van der Waals surface area contributed by atoms with Gasteiger partial charge in [-0.15, -0.1) is 0 Å². The Hall–Kier alpha value is -1.25. The number of anilines is 1. The minimum Gasteiger partial charge on any atom is -0.394 e. The molecule has 0 amide bonds. The molecule has 0 fully saturated rings. The molecule has 0 radical (unpaired) electrons. The second kappa shape index (κ2) is 7.51. The molecule has 1 aromatic rings. The molecule has 0 unspecified atom stereocenters. The first-order chi connectivity index (χ1) is 9.44. The molecule has 1 heterocycles. The fourth-order valence-corrected chi connectivity index (χ4v) is 2.09. The van der Waals surface area contributed by atoms with Crippen LogP contribution < -0.4 is 11.4 Å². The van der Waals surface area contributed by atoms with Crippen LogP contribution in [0.25, 0.3) is 0 Å². The van der Waals surface area contributed by atoms with Gasteiger partial charge in [0.05, 0.1) is 19.3 Å². The average Bonchev–Trinajstić information content (AvgIpc) is 2.45. The number of nitrogen functional groups attached to an aromatic ring is 1. The van der Waals surface area contributed by atoms with Gasteiger partial charge in [-0.3, -0.25) is 9.13 Å². The lowest BCUT2D eigenvalue weighted by Gasteiger charge is -2.19. The fraction of sp³-hybridized carbons (Fsp3) is 0.600. The lowest BCUT2D eigenvalue weighted by atomic mass is 10.3. The van der Waals surface area contributed by atoms with E-state index in [-0.39, 0.29) is 25.3 Å². The van der Waals surface area contributed by atoms with Gasteiger partial charge in [-0.2, -0.15) is 4.98 Å². The first-order valence-electron chi connectivity index (χ1n) is 5.70. The maximum absolute atomic E-state index is 11.8. The van der Waals surface area contributed by atoms with Crippen LogP contribution in [-0.2, 0) is 24.9 Å². The molecule has 0 saturated carbocycles. The largest absolute Gasteiger partial charge is 0.394 e. The summed E-state index contributed by atoms with van der Waals surface area (Å²) in [4.78, 5) is 15.1. The van der Waals surface area contributed by atoms with Crippen molar-refractivity contribution in [2.75, 3.05) is 32.9 Å². The minimum absolute atomic E-state index is 0.0377. The lowest BCUT2D eigenvalue weighted by molar-refractivity contribution is 0.0167. The normalized spacial score (nSPS) is 13.3. The molecule has 0 aliphatic rings. The molecule has 0 saturated heterocycles. The van der Waals surface area contributed by atoms with Crippen molar-refractivity contribution < 1.29 is 23.5 Å². The van der Waals surface area contributed by atoms with E-state index in [1.165, 1.54) is 31.0 Å². The summed E-state index contributed by atoms with van der Waals surface area (Å²) in [5.41, 5.74) is 4.81. The van der Waals surface area contributed by atoms with E-state index in [1.54, 1.807) is 0 Å². The van der Waals surface area contributed by atoms with Gasteiger partial charge < -0.3 is 24.6 Å². The number of ether oxygens (including phenoxy) is 1.